The normalized spacial score (nSPS) is 27.1. The molecule has 18 heavy (non-hydrogen) atoms. The number of benzene rings is 1. The van der Waals surface area contributed by atoms with Crippen LogP contribution >= 0.6 is 0 Å². The lowest BCUT2D eigenvalue weighted by Crippen LogP contribution is -2.49. The largest absolute Gasteiger partial charge is 0.497 e. The minimum Gasteiger partial charge on any atom is -0.497 e. The van der Waals surface area contributed by atoms with Gasteiger partial charge in [0.05, 0.1) is 7.11 Å². The van der Waals surface area contributed by atoms with Crippen molar-refractivity contribution in [3.05, 3.63) is 29.8 Å². The first kappa shape index (κ1) is 13.4. The topological polar surface area (TPSA) is 21.3 Å². The summed E-state index contributed by atoms with van der Waals surface area (Å²) in [5.74, 6) is 2.63. The third kappa shape index (κ3) is 2.39. The second-order valence-corrected chi connectivity index (χ2v) is 5.95. The molecule has 0 saturated heterocycles. The number of ether oxygens (including phenoxy) is 1. The van der Waals surface area contributed by atoms with Gasteiger partial charge in [0.1, 0.15) is 5.75 Å². The van der Waals surface area contributed by atoms with Crippen LogP contribution in [0.2, 0.25) is 0 Å². The Morgan fingerprint density at radius 3 is 2.67 bits per heavy atom. The van der Waals surface area contributed by atoms with Crippen LogP contribution in [0.15, 0.2) is 24.3 Å². The first-order valence-corrected chi connectivity index (χ1v) is 6.90. The van der Waals surface area contributed by atoms with E-state index in [0.717, 1.165) is 24.1 Å². The summed E-state index contributed by atoms with van der Waals surface area (Å²) in [5, 5.41) is 3.37. The molecule has 1 saturated carbocycles. The molecule has 0 radical (unpaired) electrons. The zero-order valence-electron chi connectivity index (χ0n) is 12.0. The molecule has 0 aromatic heterocycles. The zero-order valence-corrected chi connectivity index (χ0v) is 12.0. The summed E-state index contributed by atoms with van der Waals surface area (Å²) >= 11 is 0. The van der Waals surface area contributed by atoms with Gasteiger partial charge in [0.15, 0.2) is 0 Å². The monoisotopic (exact) mass is 247 g/mol. The van der Waals surface area contributed by atoms with Crippen molar-refractivity contribution in [2.45, 2.75) is 32.1 Å². The molecule has 0 spiro atoms. The predicted octanol–water partition coefficient (Wildman–Crippen LogP) is 3.22. The van der Waals surface area contributed by atoms with E-state index in [-0.39, 0.29) is 0 Å². The molecule has 0 heterocycles. The average molecular weight is 247 g/mol. The van der Waals surface area contributed by atoms with Crippen molar-refractivity contribution >= 4 is 0 Å². The Bertz CT molecular complexity index is 394. The number of hydrogen-bond donors (Lipinski definition) is 1. The summed E-state index contributed by atoms with van der Waals surface area (Å²) in [4.78, 5) is 0. The maximum Gasteiger partial charge on any atom is 0.119 e. The van der Waals surface area contributed by atoms with Gasteiger partial charge in [-0.05, 0) is 49.4 Å². The van der Waals surface area contributed by atoms with Crippen LogP contribution in [-0.2, 0) is 5.41 Å². The van der Waals surface area contributed by atoms with Crippen molar-refractivity contribution in [1.82, 2.24) is 5.32 Å². The molecule has 0 unspecified atom stereocenters. The van der Waals surface area contributed by atoms with Gasteiger partial charge >= 0.3 is 0 Å². The van der Waals surface area contributed by atoms with E-state index < -0.39 is 0 Å². The van der Waals surface area contributed by atoms with Crippen molar-refractivity contribution < 1.29 is 4.74 Å². The van der Waals surface area contributed by atoms with E-state index in [0.29, 0.717) is 5.41 Å². The molecular formula is C16H25NO. The standard InChI is InChI=1S/C16H25NO/c1-12(2)13-9-16(10-13,11-17-3)14-6-5-7-15(8-14)18-4/h5-8,12-13,17H,9-11H2,1-4H3. The molecule has 2 heteroatoms. The van der Waals surface area contributed by atoms with Crippen LogP contribution in [0.3, 0.4) is 0 Å². The fraction of sp³-hybridized carbons (Fsp3) is 0.625. The van der Waals surface area contributed by atoms with Crippen LogP contribution in [0.5, 0.6) is 5.75 Å². The molecule has 2 rings (SSSR count). The van der Waals surface area contributed by atoms with E-state index in [9.17, 15) is 0 Å². The van der Waals surface area contributed by atoms with Gasteiger partial charge in [-0.1, -0.05) is 26.0 Å². The highest BCUT2D eigenvalue weighted by Crippen LogP contribution is 2.50. The molecular weight excluding hydrogens is 222 g/mol. The van der Waals surface area contributed by atoms with Crippen LogP contribution in [0.25, 0.3) is 0 Å². The first-order valence-electron chi connectivity index (χ1n) is 6.90. The Morgan fingerprint density at radius 2 is 2.11 bits per heavy atom. The Balaban J connectivity index is 2.20. The lowest BCUT2D eigenvalue weighted by molar-refractivity contribution is 0.0994. The Kier molecular flexibility index (Phi) is 3.96. The molecule has 1 aromatic rings. The average Bonchev–Trinajstić information content (AvgIpc) is 2.33. The van der Waals surface area contributed by atoms with Crippen LogP contribution in [0.1, 0.15) is 32.3 Å². The Morgan fingerprint density at radius 1 is 1.39 bits per heavy atom. The molecule has 1 aliphatic carbocycles. The van der Waals surface area contributed by atoms with Crippen LogP contribution < -0.4 is 10.1 Å². The third-order valence-electron chi connectivity index (χ3n) is 4.45. The first-order chi connectivity index (χ1) is 8.61. The lowest BCUT2D eigenvalue weighted by atomic mass is 9.56. The highest BCUT2D eigenvalue weighted by molar-refractivity contribution is 5.36. The van der Waals surface area contributed by atoms with Crippen LogP contribution in [0, 0.1) is 11.8 Å². The number of nitrogens with one attached hydrogen (secondary N) is 1. The summed E-state index contributed by atoms with van der Waals surface area (Å²) in [6.45, 7) is 5.72. The molecule has 1 fully saturated rings. The summed E-state index contributed by atoms with van der Waals surface area (Å²) in [6, 6.07) is 8.58. The zero-order chi connectivity index (χ0) is 13.2. The van der Waals surface area contributed by atoms with Gasteiger partial charge in [0.25, 0.3) is 0 Å². The van der Waals surface area contributed by atoms with E-state index >= 15 is 0 Å². The van der Waals surface area contributed by atoms with Crippen molar-refractivity contribution in [3.8, 4) is 5.75 Å². The number of rotatable bonds is 5. The molecule has 0 aliphatic heterocycles. The molecule has 2 nitrogen and oxygen atoms in total. The molecule has 0 atom stereocenters. The maximum absolute atomic E-state index is 5.35. The van der Waals surface area contributed by atoms with Gasteiger partial charge in [0, 0.05) is 12.0 Å². The molecule has 0 amide bonds. The Labute approximate surface area is 111 Å². The number of likely N-dealkylation sites (N-methyl/N-ethyl adjacent to an activating group) is 1. The van der Waals surface area contributed by atoms with E-state index in [1.54, 1.807) is 7.11 Å². The van der Waals surface area contributed by atoms with Crippen molar-refractivity contribution in [2.75, 3.05) is 20.7 Å². The SMILES string of the molecule is CNCC1(c2cccc(OC)c2)CC(C(C)C)C1. The minimum absolute atomic E-state index is 0.318. The molecule has 1 aromatic carbocycles. The lowest BCUT2D eigenvalue weighted by Gasteiger charge is -2.50. The van der Waals surface area contributed by atoms with Crippen LogP contribution in [-0.4, -0.2) is 20.7 Å². The van der Waals surface area contributed by atoms with E-state index in [4.69, 9.17) is 4.74 Å². The molecule has 0 bridgehead atoms. The van der Waals surface area contributed by atoms with Crippen molar-refractivity contribution in [3.63, 3.8) is 0 Å². The fourth-order valence-electron chi connectivity index (χ4n) is 3.19. The summed E-state index contributed by atoms with van der Waals surface area (Å²) in [5.41, 5.74) is 1.74. The van der Waals surface area contributed by atoms with Gasteiger partial charge in [-0.3, -0.25) is 0 Å². The summed E-state index contributed by atoms with van der Waals surface area (Å²) in [6.07, 6.45) is 2.58. The summed E-state index contributed by atoms with van der Waals surface area (Å²) in [7, 11) is 3.78. The highest BCUT2D eigenvalue weighted by atomic mass is 16.5. The smallest absolute Gasteiger partial charge is 0.119 e. The molecule has 100 valence electrons. The van der Waals surface area contributed by atoms with Gasteiger partial charge in [-0.2, -0.15) is 0 Å². The number of methoxy groups -OCH3 is 1. The van der Waals surface area contributed by atoms with Gasteiger partial charge in [-0.25, -0.2) is 0 Å². The molecule has 1 aliphatic rings. The molecule has 1 N–H and O–H groups in total. The quantitative estimate of drug-likeness (QED) is 0.862. The maximum atomic E-state index is 5.35. The second kappa shape index (κ2) is 5.31. The third-order valence-corrected chi connectivity index (χ3v) is 4.45. The van der Waals surface area contributed by atoms with Crippen LogP contribution in [0.4, 0.5) is 0 Å². The van der Waals surface area contributed by atoms with Crippen molar-refractivity contribution in [1.29, 1.82) is 0 Å². The van der Waals surface area contributed by atoms with E-state index in [1.807, 2.05) is 13.1 Å². The van der Waals surface area contributed by atoms with Crippen molar-refractivity contribution in [2.24, 2.45) is 11.8 Å². The van der Waals surface area contributed by atoms with Gasteiger partial charge in [0.2, 0.25) is 0 Å². The fourth-order valence-corrected chi connectivity index (χ4v) is 3.19. The highest BCUT2D eigenvalue weighted by Gasteiger charge is 2.45. The second-order valence-electron chi connectivity index (χ2n) is 5.95. The Hall–Kier alpha value is -1.02. The predicted molar refractivity (Wildman–Crippen MR) is 76.2 cm³/mol. The summed E-state index contributed by atoms with van der Waals surface area (Å²) < 4.78 is 5.35. The number of hydrogen-bond acceptors (Lipinski definition) is 2. The van der Waals surface area contributed by atoms with Gasteiger partial charge in [-0.15, -0.1) is 0 Å². The van der Waals surface area contributed by atoms with Gasteiger partial charge < -0.3 is 10.1 Å². The van der Waals surface area contributed by atoms with E-state index in [2.05, 4.69) is 37.4 Å². The van der Waals surface area contributed by atoms with E-state index in [1.165, 1.54) is 18.4 Å². The minimum atomic E-state index is 0.318.